The maximum absolute atomic E-state index is 14.8. The molecule has 10 heteroatoms. The first-order valence-corrected chi connectivity index (χ1v) is 9.70. The van der Waals surface area contributed by atoms with Crippen molar-refractivity contribution in [3.63, 3.8) is 0 Å². The lowest BCUT2D eigenvalue weighted by Gasteiger charge is -2.17. The van der Waals surface area contributed by atoms with E-state index < -0.39 is 36.3 Å². The Morgan fingerprint density at radius 3 is 2.62 bits per heavy atom. The molecule has 0 spiro atoms. The molecule has 0 saturated heterocycles. The van der Waals surface area contributed by atoms with Gasteiger partial charge >= 0.3 is 6.18 Å². The molecule has 0 bridgehead atoms. The van der Waals surface area contributed by atoms with Crippen molar-refractivity contribution in [2.24, 2.45) is 7.05 Å². The van der Waals surface area contributed by atoms with Gasteiger partial charge in [0.15, 0.2) is 0 Å². The van der Waals surface area contributed by atoms with Crippen molar-refractivity contribution < 1.29 is 26.7 Å². The van der Waals surface area contributed by atoms with Crippen LogP contribution in [0, 0.1) is 11.6 Å². The van der Waals surface area contributed by atoms with E-state index in [0.717, 1.165) is 6.07 Å². The van der Waals surface area contributed by atoms with E-state index in [9.17, 15) is 26.7 Å². The number of halogens is 5. The first kappa shape index (κ1) is 21.8. The molecule has 1 amide bonds. The van der Waals surface area contributed by atoms with Crippen LogP contribution in [0.3, 0.4) is 0 Å². The minimum absolute atomic E-state index is 0.0574. The minimum Gasteiger partial charge on any atom is -0.359 e. The molecule has 0 saturated carbocycles. The molecular formula is C22H19F5N4O. The first-order chi connectivity index (χ1) is 15.0. The van der Waals surface area contributed by atoms with E-state index in [1.165, 1.54) is 37.5 Å². The maximum Gasteiger partial charge on any atom is 0.401 e. The summed E-state index contributed by atoms with van der Waals surface area (Å²) in [7, 11) is 1.65. The van der Waals surface area contributed by atoms with Crippen LogP contribution >= 0.6 is 0 Å². The number of H-pyrrole nitrogens is 1. The Balaban J connectivity index is 1.65. The van der Waals surface area contributed by atoms with Gasteiger partial charge in [0, 0.05) is 52.9 Å². The van der Waals surface area contributed by atoms with Gasteiger partial charge in [-0.25, -0.2) is 8.78 Å². The van der Waals surface area contributed by atoms with Gasteiger partial charge < -0.3 is 20.2 Å². The van der Waals surface area contributed by atoms with Crippen LogP contribution in [0.2, 0.25) is 0 Å². The molecule has 1 atom stereocenters. The van der Waals surface area contributed by atoms with E-state index in [4.69, 9.17) is 0 Å². The van der Waals surface area contributed by atoms with Crippen molar-refractivity contribution in [1.82, 2.24) is 14.9 Å². The Morgan fingerprint density at radius 2 is 1.91 bits per heavy atom. The number of benzene rings is 2. The van der Waals surface area contributed by atoms with Crippen molar-refractivity contribution in [1.29, 1.82) is 0 Å². The minimum atomic E-state index is -4.42. The molecule has 32 heavy (non-hydrogen) atoms. The van der Waals surface area contributed by atoms with Crippen LogP contribution in [0.15, 0.2) is 42.7 Å². The predicted octanol–water partition coefficient (Wildman–Crippen LogP) is 5.40. The number of fused-ring (bicyclic) bond motifs is 2. The molecule has 4 aromatic rings. The average molecular weight is 450 g/mol. The summed E-state index contributed by atoms with van der Waals surface area (Å²) in [5.41, 5.74) is 1.72. The number of nitrogens with one attached hydrogen (secondary N) is 3. The van der Waals surface area contributed by atoms with Crippen LogP contribution in [0.1, 0.15) is 28.9 Å². The van der Waals surface area contributed by atoms with E-state index in [1.807, 2.05) is 0 Å². The lowest BCUT2D eigenvalue weighted by molar-refractivity contribution is -0.126. The molecule has 2 heterocycles. The summed E-state index contributed by atoms with van der Waals surface area (Å²) in [5, 5.41) is 5.74. The van der Waals surface area contributed by atoms with Gasteiger partial charge in [-0.3, -0.25) is 4.79 Å². The largest absolute Gasteiger partial charge is 0.401 e. The molecule has 3 N–H and O–H groups in total. The number of amides is 1. The number of aromatic nitrogens is 2. The lowest BCUT2D eigenvalue weighted by atomic mass is 10.0. The number of aromatic amines is 1. The van der Waals surface area contributed by atoms with Crippen LogP contribution in [-0.4, -0.2) is 28.2 Å². The standard InChI is InChI=1S/C22H19F5N4O/c1-11(29-10-22(25,26)27)13-7-20-14(6-17(13)24)16(9-31(20)2)21(32)30-19-8-28-18-4-3-12(23)5-15(18)19/h3-9,11,28-29H,10H2,1-2H3,(H,30,32)/t11-/m1/s1. The van der Waals surface area contributed by atoms with E-state index in [1.54, 1.807) is 17.7 Å². The zero-order valence-electron chi connectivity index (χ0n) is 17.1. The third-order valence-corrected chi connectivity index (χ3v) is 5.32. The van der Waals surface area contributed by atoms with Crippen molar-refractivity contribution in [2.75, 3.05) is 11.9 Å². The number of nitrogens with zero attached hydrogens (tertiary/aromatic N) is 1. The highest BCUT2D eigenvalue weighted by molar-refractivity contribution is 6.15. The number of hydrogen-bond acceptors (Lipinski definition) is 2. The Hall–Kier alpha value is -3.40. The molecule has 0 aliphatic carbocycles. The highest BCUT2D eigenvalue weighted by Gasteiger charge is 2.28. The first-order valence-electron chi connectivity index (χ1n) is 9.70. The van der Waals surface area contributed by atoms with Crippen molar-refractivity contribution in [3.05, 3.63) is 65.5 Å². The van der Waals surface area contributed by atoms with Gasteiger partial charge in [-0.1, -0.05) is 0 Å². The topological polar surface area (TPSA) is 61.9 Å². The van der Waals surface area contributed by atoms with Crippen molar-refractivity contribution in [2.45, 2.75) is 19.1 Å². The van der Waals surface area contributed by atoms with Gasteiger partial charge in [0.05, 0.1) is 17.8 Å². The predicted molar refractivity (Wildman–Crippen MR) is 112 cm³/mol. The highest BCUT2D eigenvalue weighted by Crippen LogP contribution is 2.30. The second kappa shape index (κ2) is 7.94. The van der Waals surface area contributed by atoms with Gasteiger partial charge in [-0.15, -0.1) is 0 Å². The summed E-state index contributed by atoms with van der Waals surface area (Å²) in [6, 6.07) is 5.79. The molecule has 5 nitrogen and oxygen atoms in total. The number of anilines is 1. The third kappa shape index (κ3) is 4.18. The molecule has 4 rings (SSSR count). The number of carbonyl (C=O) groups excluding carboxylic acids is 1. The van der Waals surface area contributed by atoms with Crippen LogP contribution in [-0.2, 0) is 7.05 Å². The van der Waals surface area contributed by atoms with Crippen LogP contribution in [0.5, 0.6) is 0 Å². The molecule has 2 aromatic carbocycles. The molecule has 0 aliphatic heterocycles. The van der Waals surface area contributed by atoms with Gasteiger partial charge in [0.25, 0.3) is 5.91 Å². The summed E-state index contributed by atoms with van der Waals surface area (Å²) in [6.45, 7) is 0.181. The zero-order chi connectivity index (χ0) is 23.2. The van der Waals surface area contributed by atoms with Gasteiger partial charge in [-0.2, -0.15) is 13.2 Å². The fourth-order valence-corrected chi connectivity index (χ4v) is 3.70. The Labute approximate surface area is 179 Å². The van der Waals surface area contributed by atoms with E-state index in [-0.39, 0.29) is 11.1 Å². The number of carbonyl (C=O) groups is 1. The lowest BCUT2D eigenvalue weighted by Crippen LogP contribution is -2.31. The average Bonchev–Trinajstić information content (AvgIpc) is 3.25. The number of alkyl halides is 3. The summed E-state index contributed by atoms with van der Waals surface area (Å²) >= 11 is 0. The van der Waals surface area contributed by atoms with E-state index >= 15 is 0 Å². The fourth-order valence-electron chi connectivity index (χ4n) is 3.70. The third-order valence-electron chi connectivity index (χ3n) is 5.32. The Kier molecular flexibility index (Phi) is 5.41. The molecule has 0 aliphatic rings. The maximum atomic E-state index is 14.8. The van der Waals surface area contributed by atoms with Crippen LogP contribution in [0.4, 0.5) is 27.6 Å². The molecule has 0 radical (unpaired) electrons. The van der Waals surface area contributed by atoms with Gasteiger partial charge in [-0.05, 0) is 37.3 Å². The Morgan fingerprint density at radius 1 is 1.16 bits per heavy atom. The SMILES string of the molecule is C[C@@H](NCC(F)(F)F)c1cc2c(cc1F)c(C(=O)Nc1c[nH]c3ccc(F)cc13)cn2C. The van der Waals surface area contributed by atoms with Gasteiger partial charge in [0.2, 0.25) is 0 Å². The molecule has 2 aromatic heterocycles. The fraction of sp³-hybridized carbons (Fsp3) is 0.227. The molecule has 0 fully saturated rings. The monoisotopic (exact) mass is 450 g/mol. The zero-order valence-corrected chi connectivity index (χ0v) is 17.1. The van der Waals surface area contributed by atoms with Gasteiger partial charge in [0.1, 0.15) is 11.6 Å². The molecule has 0 unspecified atom stereocenters. The quantitative estimate of drug-likeness (QED) is 0.357. The van der Waals surface area contributed by atoms with Crippen molar-refractivity contribution >= 4 is 33.4 Å². The van der Waals surface area contributed by atoms with Crippen LogP contribution in [0.25, 0.3) is 21.8 Å². The summed E-state index contributed by atoms with van der Waals surface area (Å²) in [4.78, 5) is 15.9. The number of aryl methyl sites for hydroxylation is 1. The summed E-state index contributed by atoms with van der Waals surface area (Å²) < 4.78 is 67.4. The summed E-state index contributed by atoms with van der Waals surface area (Å²) in [5.74, 6) is -1.72. The van der Waals surface area contributed by atoms with E-state index in [2.05, 4.69) is 15.6 Å². The smallest absolute Gasteiger partial charge is 0.359 e. The number of hydrogen-bond donors (Lipinski definition) is 3. The second-order valence-corrected chi connectivity index (χ2v) is 7.61. The number of rotatable bonds is 5. The highest BCUT2D eigenvalue weighted by atomic mass is 19.4. The van der Waals surface area contributed by atoms with Crippen molar-refractivity contribution in [3.8, 4) is 0 Å². The normalized spacial score (nSPS) is 13.1. The second-order valence-electron chi connectivity index (χ2n) is 7.61. The Bertz CT molecular complexity index is 1320. The van der Waals surface area contributed by atoms with E-state index in [0.29, 0.717) is 27.5 Å². The molecule has 168 valence electrons. The molecular weight excluding hydrogens is 431 g/mol. The summed E-state index contributed by atoms with van der Waals surface area (Å²) in [6.07, 6.45) is -1.39. The van der Waals surface area contributed by atoms with Crippen LogP contribution < -0.4 is 10.6 Å².